The van der Waals surface area contributed by atoms with Crippen molar-refractivity contribution in [1.29, 1.82) is 0 Å². The molecule has 6 rings (SSSR count). The second kappa shape index (κ2) is 7.91. The molecule has 0 bridgehead atoms. The number of halogens is 2. The Kier molecular flexibility index (Phi) is 4.89. The van der Waals surface area contributed by atoms with Gasteiger partial charge in [0.25, 0.3) is 0 Å². The summed E-state index contributed by atoms with van der Waals surface area (Å²) in [7, 11) is 0. The number of rotatable bonds is 5. The van der Waals surface area contributed by atoms with E-state index in [-0.39, 0.29) is 23.0 Å². The first-order valence-electron chi connectivity index (χ1n) is 11.4. The van der Waals surface area contributed by atoms with E-state index >= 15 is 0 Å². The van der Waals surface area contributed by atoms with Crippen LogP contribution in [0.3, 0.4) is 0 Å². The van der Waals surface area contributed by atoms with Crippen LogP contribution in [0.1, 0.15) is 58.5 Å². The molecule has 3 heterocycles. The van der Waals surface area contributed by atoms with Crippen molar-refractivity contribution >= 4 is 11.9 Å². The van der Waals surface area contributed by atoms with Gasteiger partial charge in [-0.25, -0.2) is 4.79 Å². The Labute approximate surface area is 203 Å². The molecular formula is C26H20F2N2O6. The molecule has 184 valence electrons. The molecule has 3 aliphatic rings. The van der Waals surface area contributed by atoms with Crippen molar-refractivity contribution in [2.75, 3.05) is 0 Å². The van der Waals surface area contributed by atoms with Gasteiger partial charge >= 0.3 is 12.3 Å². The number of carboxylic acid groups (broad SMARTS) is 1. The summed E-state index contributed by atoms with van der Waals surface area (Å²) in [6.45, 7) is 0. The molecular weight excluding hydrogens is 474 g/mol. The molecule has 2 aromatic carbocycles. The Balaban J connectivity index is 1.27. The van der Waals surface area contributed by atoms with E-state index in [2.05, 4.69) is 19.8 Å². The highest BCUT2D eigenvalue weighted by atomic mass is 19.3. The summed E-state index contributed by atoms with van der Waals surface area (Å²) in [5.74, 6) is -0.956. The largest absolute Gasteiger partial charge is 0.586 e. The van der Waals surface area contributed by atoms with E-state index in [1.807, 2.05) is 0 Å². The lowest BCUT2D eigenvalue weighted by Gasteiger charge is -2.33. The second-order valence-electron chi connectivity index (χ2n) is 9.12. The molecule has 0 radical (unpaired) electrons. The SMILES string of the molecule is O=C(O)c1cccc([C@H]2C[C@@H](NC(=O)C3(c4ccc5c(c4)OC(F)(F)O5)CC3)c3ccncc3O2)c1. The van der Waals surface area contributed by atoms with Crippen molar-refractivity contribution in [3.63, 3.8) is 0 Å². The number of fused-ring (bicyclic) bond motifs is 2. The number of hydrogen-bond donors (Lipinski definition) is 2. The molecule has 0 saturated heterocycles. The number of alkyl halides is 2. The first-order chi connectivity index (χ1) is 17.2. The molecule has 1 aromatic heterocycles. The minimum atomic E-state index is -3.73. The predicted octanol–water partition coefficient (Wildman–Crippen LogP) is 4.51. The van der Waals surface area contributed by atoms with Crippen LogP contribution in [0.5, 0.6) is 17.2 Å². The van der Waals surface area contributed by atoms with Gasteiger partial charge in [0.05, 0.1) is 23.2 Å². The van der Waals surface area contributed by atoms with Crippen molar-refractivity contribution in [2.24, 2.45) is 0 Å². The van der Waals surface area contributed by atoms with Gasteiger partial charge < -0.3 is 24.6 Å². The summed E-state index contributed by atoms with van der Waals surface area (Å²) in [4.78, 5) is 29.1. The highest BCUT2D eigenvalue weighted by molar-refractivity contribution is 5.92. The van der Waals surface area contributed by atoms with Crippen molar-refractivity contribution in [3.8, 4) is 17.2 Å². The molecule has 1 amide bonds. The number of aromatic nitrogens is 1. The van der Waals surface area contributed by atoms with Crippen LogP contribution < -0.4 is 19.5 Å². The molecule has 1 saturated carbocycles. The Morgan fingerprint density at radius 2 is 1.83 bits per heavy atom. The van der Waals surface area contributed by atoms with Gasteiger partial charge in [0, 0.05) is 18.2 Å². The maximum atomic E-state index is 13.6. The molecule has 3 aromatic rings. The highest BCUT2D eigenvalue weighted by Crippen LogP contribution is 2.52. The molecule has 10 heteroatoms. The zero-order valence-corrected chi connectivity index (χ0v) is 18.7. The Morgan fingerprint density at radius 1 is 1.03 bits per heavy atom. The van der Waals surface area contributed by atoms with Crippen LogP contribution in [-0.4, -0.2) is 28.3 Å². The average molecular weight is 494 g/mol. The summed E-state index contributed by atoms with van der Waals surface area (Å²) in [6, 6.07) is 12.3. The number of pyridine rings is 1. The van der Waals surface area contributed by atoms with Gasteiger partial charge in [0.15, 0.2) is 11.5 Å². The number of ether oxygens (including phenoxy) is 3. The molecule has 2 atom stereocenters. The molecule has 0 unspecified atom stereocenters. The molecule has 0 spiro atoms. The number of aromatic carboxylic acids is 1. The van der Waals surface area contributed by atoms with E-state index in [0.717, 1.165) is 5.56 Å². The lowest BCUT2D eigenvalue weighted by atomic mass is 9.90. The number of benzene rings is 2. The number of carboxylic acids is 1. The summed E-state index contributed by atoms with van der Waals surface area (Å²) in [5.41, 5.74) is 1.28. The van der Waals surface area contributed by atoms with Gasteiger partial charge in [0.1, 0.15) is 11.9 Å². The summed E-state index contributed by atoms with van der Waals surface area (Å²) in [6.07, 6.45) is 0.428. The number of carbonyl (C=O) groups is 2. The number of nitrogens with zero attached hydrogens (tertiary/aromatic N) is 1. The quantitative estimate of drug-likeness (QED) is 0.537. The van der Waals surface area contributed by atoms with Crippen LogP contribution in [0.25, 0.3) is 0 Å². The zero-order valence-electron chi connectivity index (χ0n) is 18.7. The Morgan fingerprint density at radius 3 is 2.61 bits per heavy atom. The zero-order chi connectivity index (χ0) is 25.1. The lowest BCUT2D eigenvalue weighted by Crippen LogP contribution is -2.39. The maximum Gasteiger partial charge on any atom is 0.586 e. The van der Waals surface area contributed by atoms with E-state index in [1.54, 1.807) is 42.7 Å². The number of carbonyl (C=O) groups excluding carboxylic acids is 1. The standard InChI is InChI=1S/C26H20F2N2O6/c27-26(28)35-19-5-4-16(11-21(19)36-26)25(7-8-25)24(33)30-18-12-20(34-22-13-29-9-6-17(18)22)14-2-1-3-15(10-14)23(31)32/h1-6,9-11,13,18,20H,7-8,12H2,(H,30,33)(H,31,32)/t18-,20-/m1/s1. The van der Waals surface area contributed by atoms with E-state index in [9.17, 15) is 23.5 Å². The average Bonchev–Trinajstić information content (AvgIpc) is 3.61. The van der Waals surface area contributed by atoms with Gasteiger partial charge in [-0.15, -0.1) is 8.78 Å². The smallest absolute Gasteiger partial charge is 0.484 e. The molecule has 1 fully saturated rings. The predicted molar refractivity (Wildman–Crippen MR) is 120 cm³/mol. The van der Waals surface area contributed by atoms with Gasteiger partial charge in [0.2, 0.25) is 5.91 Å². The van der Waals surface area contributed by atoms with Crippen LogP contribution in [0.2, 0.25) is 0 Å². The number of amides is 1. The van der Waals surface area contributed by atoms with E-state index in [0.29, 0.717) is 36.1 Å². The lowest BCUT2D eigenvalue weighted by molar-refractivity contribution is -0.286. The fourth-order valence-electron chi connectivity index (χ4n) is 4.85. The normalized spacial score (nSPS) is 22.2. The van der Waals surface area contributed by atoms with Gasteiger partial charge in [-0.05, 0) is 54.3 Å². The van der Waals surface area contributed by atoms with Crippen molar-refractivity contribution in [1.82, 2.24) is 10.3 Å². The van der Waals surface area contributed by atoms with Crippen molar-refractivity contribution in [2.45, 2.75) is 43.1 Å². The molecule has 36 heavy (non-hydrogen) atoms. The van der Waals surface area contributed by atoms with E-state index in [1.165, 1.54) is 18.2 Å². The fraction of sp³-hybridized carbons (Fsp3) is 0.269. The third-order valence-corrected chi connectivity index (χ3v) is 6.86. The van der Waals surface area contributed by atoms with Crippen LogP contribution in [0, 0.1) is 0 Å². The molecule has 2 N–H and O–H groups in total. The van der Waals surface area contributed by atoms with Gasteiger partial charge in [-0.3, -0.25) is 9.78 Å². The third kappa shape index (κ3) is 3.78. The van der Waals surface area contributed by atoms with E-state index in [4.69, 9.17) is 4.74 Å². The summed E-state index contributed by atoms with van der Waals surface area (Å²) >= 11 is 0. The van der Waals surface area contributed by atoms with Crippen LogP contribution in [0.15, 0.2) is 60.9 Å². The van der Waals surface area contributed by atoms with Gasteiger partial charge in [-0.1, -0.05) is 18.2 Å². The number of hydrogen-bond acceptors (Lipinski definition) is 6. The molecule has 8 nitrogen and oxygen atoms in total. The fourth-order valence-corrected chi connectivity index (χ4v) is 4.85. The maximum absolute atomic E-state index is 13.6. The Hall–Kier alpha value is -4.21. The van der Waals surface area contributed by atoms with Crippen LogP contribution >= 0.6 is 0 Å². The first-order valence-corrected chi connectivity index (χ1v) is 11.4. The number of nitrogens with one attached hydrogen (secondary N) is 1. The summed E-state index contributed by atoms with van der Waals surface area (Å²) < 4.78 is 42.1. The molecule has 1 aliphatic carbocycles. The minimum Gasteiger partial charge on any atom is -0.484 e. The second-order valence-corrected chi connectivity index (χ2v) is 9.12. The van der Waals surface area contributed by atoms with Crippen LogP contribution in [-0.2, 0) is 10.2 Å². The Bertz CT molecular complexity index is 1390. The third-order valence-electron chi connectivity index (χ3n) is 6.86. The van der Waals surface area contributed by atoms with Crippen molar-refractivity contribution in [3.05, 3.63) is 83.2 Å². The first kappa shape index (κ1) is 22.3. The molecule has 2 aliphatic heterocycles. The van der Waals surface area contributed by atoms with Crippen LogP contribution in [0.4, 0.5) is 8.78 Å². The topological polar surface area (TPSA) is 107 Å². The minimum absolute atomic E-state index is 0.0720. The summed E-state index contributed by atoms with van der Waals surface area (Å²) in [5, 5.41) is 12.5. The van der Waals surface area contributed by atoms with Crippen molar-refractivity contribution < 1.29 is 37.7 Å². The highest BCUT2D eigenvalue weighted by Gasteiger charge is 2.53. The monoisotopic (exact) mass is 494 g/mol. The van der Waals surface area contributed by atoms with Gasteiger partial charge in [-0.2, -0.15) is 0 Å². The van der Waals surface area contributed by atoms with E-state index < -0.39 is 29.8 Å².